The lowest BCUT2D eigenvalue weighted by Gasteiger charge is -2.05. The molecule has 0 saturated carbocycles. The zero-order valence-corrected chi connectivity index (χ0v) is 15.8. The van der Waals surface area contributed by atoms with Gasteiger partial charge >= 0.3 is 5.97 Å². The lowest BCUT2D eigenvalue weighted by atomic mass is 10.1. The number of benzene rings is 2. The molecule has 150 valence electrons. The average Bonchev–Trinajstić information content (AvgIpc) is 3.14. The predicted molar refractivity (Wildman–Crippen MR) is 109 cm³/mol. The fourth-order valence-electron chi connectivity index (χ4n) is 2.84. The summed E-state index contributed by atoms with van der Waals surface area (Å²) in [6.45, 7) is -0.209. The van der Waals surface area contributed by atoms with Crippen LogP contribution in [0.1, 0.15) is 24.0 Å². The molecule has 1 aromatic heterocycles. The smallest absolute Gasteiger partial charge is 0.335 e. The molecule has 0 fully saturated rings. The van der Waals surface area contributed by atoms with Crippen molar-refractivity contribution in [3.63, 3.8) is 0 Å². The molecule has 0 spiro atoms. The quantitative estimate of drug-likeness (QED) is 0.221. The SMILES string of the molecule is NC(=O)COc1ccc(/C(N)=N/OC(=O)CCCc2c[nH]c3ccccc23)cc1. The summed E-state index contributed by atoms with van der Waals surface area (Å²) >= 11 is 0. The number of para-hydroxylation sites is 1. The van der Waals surface area contributed by atoms with Gasteiger partial charge in [0.25, 0.3) is 5.91 Å². The molecule has 3 rings (SSSR count). The highest BCUT2D eigenvalue weighted by molar-refractivity contribution is 5.97. The molecule has 29 heavy (non-hydrogen) atoms. The monoisotopic (exact) mass is 394 g/mol. The number of amides is 1. The van der Waals surface area contributed by atoms with E-state index in [0.717, 1.165) is 22.9 Å². The number of fused-ring (bicyclic) bond motifs is 1. The van der Waals surface area contributed by atoms with Crippen LogP contribution in [0.2, 0.25) is 0 Å². The number of nitrogens with one attached hydrogen (secondary N) is 1. The fraction of sp³-hybridized carbons (Fsp3) is 0.190. The lowest BCUT2D eigenvalue weighted by molar-refractivity contribution is -0.143. The van der Waals surface area contributed by atoms with Crippen LogP contribution in [0, 0.1) is 0 Å². The molecule has 0 unspecified atom stereocenters. The van der Waals surface area contributed by atoms with Crippen molar-refractivity contribution in [2.24, 2.45) is 16.6 Å². The van der Waals surface area contributed by atoms with E-state index in [1.54, 1.807) is 24.3 Å². The summed E-state index contributed by atoms with van der Waals surface area (Å²) in [5.74, 6) is -0.480. The van der Waals surface area contributed by atoms with Gasteiger partial charge in [0.05, 0.1) is 0 Å². The van der Waals surface area contributed by atoms with Crippen molar-refractivity contribution in [2.45, 2.75) is 19.3 Å². The van der Waals surface area contributed by atoms with E-state index in [0.29, 0.717) is 17.7 Å². The number of aromatic nitrogens is 1. The van der Waals surface area contributed by atoms with Crippen LogP contribution in [0.3, 0.4) is 0 Å². The summed E-state index contributed by atoms with van der Waals surface area (Å²) in [5, 5.41) is 4.85. The zero-order valence-electron chi connectivity index (χ0n) is 15.8. The van der Waals surface area contributed by atoms with Crippen molar-refractivity contribution in [1.82, 2.24) is 4.98 Å². The van der Waals surface area contributed by atoms with Crippen molar-refractivity contribution in [1.29, 1.82) is 0 Å². The van der Waals surface area contributed by atoms with E-state index < -0.39 is 11.9 Å². The molecule has 5 N–H and O–H groups in total. The van der Waals surface area contributed by atoms with Crippen molar-refractivity contribution < 1.29 is 19.2 Å². The van der Waals surface area contributed by atoms with Crippen molar-refractivity contribution >= 4 is 28.6 Å². The number of primary amides is 1. The number of hydrogen-bond donors (Lipinski definition) is 3. The largest absolute Gasteiger partial charge is 0.484 e. The van der Waals surface area contributed by atoms with Crippen LogP contribution in [0.5, 0.6) is 5.75 Å². The standard InChI is InChI=1S/C21H22N4O4/c22-19(26)13-28-16-10-8-14(9-11-16)21(23)25-29-20(27)7-3-4-15-12-24-18-6-2-1-5-17(15)18/h1-2,5-6,8-12,24H,3-4,7,13H2,(H2,22,26)(H2,23,25). The summed E-state index contributed by atoms with van der Waals surface area (Å²) in [4.78, 5) is 30.7. The van der Waals surface area contributed by atoms with E-state index in [-0.39, 0.29) is 18.9 Å². The topological polar surface area (TPSA) is 133 Å². The Kier molecular flexibility index (Phi) is 6.47. The summed E-state index contributed by atoms with van der Waals surface area (Å²) in [5.41, 5.74) is 13.7. The molecular weight excluding hydrogens is 372 g/mol. The molecule has 1 heterocycles. The maximum atomic E-state index is 11.9. The van der Waals surface area contributed by atoms with E-state index in [2.05, 4.69) is 16.2 Å². The number of ether oxygens (including phenoxy) is 1. The third-order valence-corrected chi connectivity index (χ3v) is 4.28. The van der Waals surface area contributed by atoms with Gasteiger partial charge in [-0.05, 0) is 48.7 Å². The minimum Gasteiger partial charge on any atom is -0.484 e. The summed E-state index contributed by atoms with van der Waals surface area (Å²) in [7, 11) is 0. The van der Waals surface area contributed by atoms with Gasteiger partial charge in [0.1, 0.15) is 5.75 Å². The second-order valence-electron chi connectivity index (χ2n) is 6.43. The molecule has 0 saturated heterocycles. The Morgan fingerprint density at radius 2 is 1.79 bits per heavy atom. The minimum atomic E-state index is -0.563. The highest BCUT2D eigenvalue weighted by Crippen LogP contribution is 2.19. The third kappa shape index (κ3) is 5.58. The molecule has 1 amide bonds. The normalized spacial score (nSPS) is 11.4. The van der Waals surface area contributed by atoms with Gasteiger partial charge in [-0.2, -0.15) is 0 Å². The molecule has 0 atom stereocenters. The zero-order chi connectivity index (χ0) is 20.6. The van der Waals surface area contributed by atoms with E-state index >= 15 is 0 Å². The summed E-state index contributed by atoms with van der Waals surface area (Å²) in [6, 6.07) is 14.5. The van der Waals surface area contributed by atoms with Gasteiger partial charge in [-0.25, -0.2) is 4.79 Å². The molecule has 0 aliphatic heterocycles. The van der Waals surface area contributed by atoms with Crippen molar-refractivity contribution in [3.05, 3.63) is 65.9 Å². The number of H-pyrrole nitrogens is 1. The number of rotatable bonds is 9. The number of oxime groups is 1. The molecule has 3 aromatic rings. The number of nitrogens with zero attached hydrogens (tertiary/aromatic N) is 1. The first-order valence-electron chi connectivity index (χ1n) is 9.13. The molecule has 0 aliphatic rings. The van der Waals surface area contributed by atoms with Crippen LogP contribution in [0.15, 0.2) is 59.9 Å². The number of hydrogen-bond acceptors (Lipinski definition) is 5. The second kappa shape index (κ2) is 9.41. The predicted octanol–water partition coefficient (Wildman–Crippen LogP) is 2.22. The molecule has 2 aromatic carbocycles. The number of aryl methyl sites for hydroxylation is 1. The minimum absolute atomic E-state index is 0.0661. The van der Waals surface area contributed by atoms with Gasteiger partial charge in [0.15, 0.2) is 12.4 Å². The van der Waals surface area contributed by atoms with Gasteiger partial charge in [-0.15, -0.1) is 0 Å². The highest BCUT2D eigenvalue weighted by Gasteiger charge is 2.08. The van der Waals surface area contributed by atoms with Gasteiger partial charge < -0.3 is 26.0 Å². The maximum Gasteiger partial charge on any atom is 0.335 e. The number of amidine groups is 1. The lowest BCUT2D eigenvalue weighted by Crippen LogP contribution is -2.20. The Balaban J connectivity index is 1.46. The summed E-state index contributed by atoms with van der Waals surface area (Å²) < 4.78 is 5.16. The van der Waals surface area contributed by atoms with Gasteiger partial charge in [0.2, 0.25) is 0 Å². The van der Waals surface area contributed by atoms with Gasteiger partial charge in [0, 0.05) is 29.1 Å². The van der Waals surface area contributed by atoms with Crippen LogP contribution in [0.4, 0.5) is 0 Å². The molecule has 0 bridgehead atoms. The van der Waals surface area contributed by atoms with Crippen LogP contribution in [-0.4, -0.2) is 29.3 Å². The van der Waals surface area contributed by atoms with E-state index in [4.69, 9.17) is 21.0 Å². The number of carbonyl (C=O) groups is 2. The van der Waals surface area contributed by atoms with Crippen LogP contribution < -0.4 is 16.2 Å². The number of nitrogens with two attached hydrogens (primary N) is 2. The Hall–Kier alpha value is -3.81. The Morgan fingerprint density at radius 1 is 1.03 bits per heavy atom. The van der Waals surface area contributed by atoms with Crippen LogP contribution in [-0.2, 0) is 20.8 Å². The second-order valence-corrected chi connectivity index (χ2v) is 6.43. The first-order valence-corrected chi connectivity index (χ1v) is 9.13. The van der Waals surface area contributed by atoms with Gasteiger partial charge in [-0.1, -0.05) is 23.4 Å². The van der Waals surface area contributed by atoms with E-state index in [1.165, 1.54) is 0 Å². The number of carbonyl (C=O) groups excluding carboxylic acids is 2. The average molecular weight is 394 g/mol. The summed E-state index contributed by atoms with van der Waals surface area (Å²) in [6.07, 6.45) is 3.59. The highest BCUT2D eigenvalue weighted by atomic mass is 16.7. The molecular formula is C21H22N4O4. The first kappa shape index (κ1) is 19.9. The molecule has 8 heteroatoms. The molecule has 8 nitrogen and oxygen atoms in total. The van der Waals surface area contributed by atoms with Crippen LogP contribution in [0.25, 0.3) is 10.9 Å². The van der Waals surface area contributed by atoms with Crippen LogP contribution >= 0.6 is 0 Å². The van der Waals surface area contributed by atoms with E-state index in [9.17, 15) is 9.59 Å². The van der Waals surface area contributed by atoms with Crippen molar-refractivity contribution in [3.8, 4) is 5.75 Å². The number of aromatic amines is 1. The van der Waals surface area contributed by atoms with Gasteiger partial charge in [-0.3, -0.25) is 4.79 Å². The Morgan fingerprint density at radius 3 is 2.55 bits per heavy atom. The van der Waals surface area contributed by atoms with E-state index in [1.807, 2.05) is 24.4 Å². The Bertz CT molecular complexity index is 1020. The fourth-order valence-corrected chi connectivity index (χ4v) is 2.84. The molecule has 0 aliphatic carbocycles. The third-order valence-electron chi connectivity index (χ3n) is 4.28. The first-order chi connectivity index (χ1) is 14.0. The maximum absolute atomic E-state index is 11.9. The van der Waals surface area contributed by atoms with Crippen molar-refractivity contribution in [2.75, 3.05) is 6.61 Å². The molecule has 0 radical (unpaired) electrons. The Labute approximate surface area is 167 Å².